The second-order valence-electron chi connectivity index (χ2n) is 16.2. The van der Waals surface area contributed by atoms with Crippen LogP contribution in [0.15, 0.2) is 66.7 Å². The van der Waals surface area contributed by atoms with Gasteiger partial charge in [-0.2, -0.15) is 0 Å². The topological polar surface area (TPSA) is 27.7 Å². The van der Waals surface area contributed by atoms with Crippen LogP contribution in [0, 0.1) is 33.5 Å². The van der Waals surface area contributed by atoms with Crippen LogP contribution in [-0.2, 0) is 4.74 Å². The van der Waals surface area contributed by atoms with Crippen molar-refractivity contribution in [3.63, 3.8) is 0 Å². The van der Waals surface area contributed by atoms with Crippen LogP contribution >= 0.6 is 0 Å². The second-order valence-corrected chi connectivity index (χ2v) is 16.2. The SMILES string of the molecule is COc1ccc(C(CC(C)(C)C(C)C)C(C)(C)C(C)(C)CC(OCCOc2ccc3ccccc3c2)C(C)(C)C(C)C)cc1. The van der Waals surface area contributed by atoms with Crippen molar-refractivity contribution in [3.05, 3.63) is 72.3 Å². The van der Waals surface area contributed by atoms with Gasteiger partial charge < -0.3 is 14.2 Å². The molecule has 0 spiro atoms. The van der Waals surface area contributed by atoms with Gasteiger partial charge in [-0.1, -0.05) is 126 Å². The van der Waals surface area contributed by atoms with Gasteiger partial charge in [-0.15, -0.1) is 0 Å². The third-order valence-electron chi connectivity index (χ3n) is 11.8. The summed E-state index contributed by atoms with van der Waals surface area (Å²) in [7, 11) is 1.74. The van der Waals surface area contributed by atoms with Gasteiger partial charge in [-0.3, -0.25) is 0 Å². The van der Waals surface area contributed by atoms with Crippen LogP contribution in [0.2, 0.25) is 0 Å². The van der Waals surface area contributed by atoms with Gasteiger partial charge in [-0.05, 0) is 92.9 Å². The van der Waals surface area contributed by atoms with Crippen LogP contribution < -0.4 is 9.47 Å². The molecule has 0 saturated heterocycles. The van der Waals surface area contributed by atoms with E-state index in [4.69, 9.17) is 14.2 Å². The van der Waals surface area contributed by atoms with Crippen molar-refractivity contribution >= 4 is 10.8 Å². The first-order valence-corrected chi connectivity index (χ1v) is 16.8. The molecule has 0 aliphatic rings. The van der Waals surface area contributed by atoms with E-state index in [2.05, 4.69) is 150 Å². The van der Waals surface area contributed by atoms with Crippen molar-refractivity contribution in [1.29, 1.82) is 0 Å². The fraction of sp³-hybridized carbons (Fsp3) is 0.610. The van der Waals surface area contributed by atoms with Crippen LogP contribution in [0.4, 0.5) is 0 Å². The van der Waals surface area contributed by atoms with Gasteiger partial charge in [0.1, 0.15) is 18.1 Å². The van der Waals surface area contributed by atoms with Gasteiger partial charge in [0.25, 0.3) is 0 Å². The lowest BCUT2D eigenvalue weighted by Crippen LogP contribution is -2.46. The molecule has 0 fully saturated rings. The molecule has 0 N–H and O–H groups in total. The number of fused-ring (bicyclic) bond motifs is 1. The molecule has 0 bridgehead atoms. The third kappa shape index (κ3) is 8.39. The van der Waals surface area contributed by atoms with Crippen molar-refractivity contribution in [3.8, 4) is 11.5 Å². The van der Waals surface area contributed by atoms with Crippen LogP contribution in [0.1, 0.15) is 107 Å². The molecular weight excluding hydrogens is 540 g/mol. The smallest absolute Gasteiger partial charge is 0.120 e. The van der Waals surface area contributed by atoms with Crippen molar-refractivity contribution in [2.24, 2.45) is 33.5 Å². The first-order chi connectivity index (χ1) is 20.4. The molecule has 3 nitrogen and oxygen atoms in total. The summed E-state index contributed by atoms with van der Waals surface area (Å²) in [4.78, 5) is 0. The third-order valence-corrected chi connectivity index (χ3v) is 11.8. The summed E-state index contributed by atoms with van der Waals surface area (Å²) in [6, 6.07) is 23.5. The van der Waals surface area contributed by atoms with E-state index in [1.807, 2.05) is 0 Å². The summed E-state index contributed by atoms with van der Waals surface area (Å²) >= 11 is 0. The zero-order valence-corrected chi connectivity index (χ0v) is 30.2. The first-order valence-electron chi connectivity index (χ1n) is 16.8. The van der Waals surface area contributed by atoms with E-state index in [1.165, 1.54) is 16.3 Å². The lowest BCUT2D eigenvalue weighted by atomic mass is 9.53. The molecule has 3 aromatic carbocycles. The fourth-order valence-corrected chi connectivity index (χ4v) is 6.10. The Labute approximate surface area is 270 Å². The molecule has 3 heteroatoms. The largest absolute Gasteiger partial charge is 0.497 e. The maximum atomic E-state index is 6.82. The van der Waals surface area contributed by atoms with Crippen LogP contribution in [0.5, 0.6) is 11.5 Å². The Bertz CT molecular complexity index is 1310. The number of hydrogen-bond donors (Lipinski definition) is 0. The van der Waals surface area contributed by atoms with Gasteiger partial charge >= 0.3 is 0 Å². The van der Waals surface area contributed by atoms with Gasteiger partial charge in [0, 0.05) is 0 Å². The minimum Gasteiger partial charge on any atom is -0.497 e. The van der Waals surface area contributed by atoms with Crippen molar-refractivity contribution < 1.29 is 14.2 Å². The highest BCUT2D eigenvalue weighted by molar-refractivity contribution is 5.83. The molecule has 0 aromatic heterocycles. The summed E-state index contributed by atoms with van der Waals surface area (Å²) in [6.07, 6.45) is 2.17. The zero-order valence-electron chi connectivity index (χ0n) is 30.2. The number of ether oxygens (including phenoxy) is 3. The zero-order chi connectivity index (χ0) is 32.9. The average Bonchev–Trinajstić information content (AvgIpc) is 2.97. The first kappa shape index (κ1) is 36.0. The molecule has 0 amide bonds. The normalized spacial score (nSPS) is 14.7. The summed E-state index contributed by atoms with van der Waals surface area (Å²) in [5.41, 5.74) is 1.57. The molecule has 0 aliphatic heterocycles. The average molecular weight is 603 g/mol. The second kappa shape index (κ2) is 14.3. The number of benzene rings is 3. The van der Waals surface area contributed by atoms with E-state index >= 15 is 0 Å². The summed E-state index contributed by atoms with van der Waals surface area (Å²) in [5, 5.41) is 2.42. The van der Waals surface area contributed by atoms with E-state index in [0.29, 0.717) is 31.0 Å². The maximum absolute atomic E-state index is 6.82. The Morgan fingerprint density at radius 2 is 1.23 bits per heavy atom. The Morgan fingerprint density at radius 1 is 0.636 bits per heavy atom. The molecular formula is C41H62O3. The van der Waals surface area contributed by atoms with E-state index in [9.17, 15) is 0 Å². The Balaban J connectivity index is 1.84. The van der Waals surface area contributed by atoms with Gasteiger partial charge in [0.2, 0.25) is 0 Å². The van der Waals surface area contributed by atoms with Crippen molar-refractivity contribution in [2.45, 2.75) is 108 Å². The van der Waals surface area contributed by atoms with Gasteiger partial charge in [-0.25, -0.2) is 0 Å². The van der Waals surface area contributed by atoms with Crippen LogP contribution in [0.25, 0.3) is 10.8 Å². The standard InChI is InChI=1S/C41H62O3/c1-29(2)38(5,6)27-36(32-19-21-34(42-13)22-20-32)41(11,12)39(7,8)28-37(40(9,10)30(3)4)44-25-24-43-35-23-18-31-16-14-15-17-33(31)26-35/h14-23,26,29-30,36-37H,24-25,27-28H2,1-13H3. The molecule has 2 atom stereocenters. The molecule has 244 valence electrons. The molecule has 3 aromatic rings. The lowest BCUT2D eigenvalue weighted by Gasteiger charge is -2.52. The van der Waals surface area contributed by atoms with E-state index in [0.717, 1.165) is 24.3 Å². The highest BCUT2D eigenvalue weighted by Gasteiger charge is 2.48. The minimum atomic E-state index is -0.0132. The summed E-state index contributed by atoms with van der Waals surface area (Å²) < 4.78 is 18.5. The fourth-order valence-electron chi connectivity index (χ4n) is 6.10. The minimum absolute atomic E-state index is 0.00309. The molecule has 2 unspecified atom stereocenters. The molecule has 0 saturated carbocycles. The Hall–Kier alpha value is -2.52. The molecule has 44 heavy (non-hydrogen) atoms. The lowest BCUT2D eigenvalue weighted by molar-refractivity contribution is -0.0960. The van der Waals surface area contributed by atoms with Gasteiger partial charge in [0.15, 0.2) is 0 Å². The molecule has 0 heterocycles. The van der Waals surface area contributed by atoms with Crippen molar-refractivity contribution in [2.75, 3.05) is 20.3 Å². The highest BCUT2D eigenvalue weighted by Crippen LogP contribution is 2.57. The summed E-state index contributed by atoms with van der Waals surface area (Å²) in [5.74, 6) is 3.24. The number of rotatable bonds is 16. The summed E-state index contributed by atoms with van der Waals surface area (Å²) in [6.45, 7) is 30.0. The van der Waals surface area contributed by atoms with E-state index in [-0.39, 0.29) is 27.8 Å². The van der Waals surface area contributed by atoms with Crippen molar-refractivity contribution in [1.82, 2.24) is 0 Å². The highest BCUT2D eigenvalue weighted by atomic mass is 16.5. The Morgan fingerprint density at radius 3 is 1.80 bits per heavy atom. The quantitative estimate of drug-likeness (QED) is 0.153. The number of hydrogen-bond acceptors (Lipinski definition) is 3. The van der Waals surface area contributed by atoms with E-state index in [1.54, 1.807) is 7.11 Å². The van der Waals surface area contributed by atoms with Gasteiger partial charge in [0.05, 0.1) is 19.8 Å². The molecule has 0 aliphatic carbocycles. The predicted octanol–water partition coefficient (Wildman–Crippen LogP) is 11.6. The van der Waals surface area contributed by atoms with Crippen LogP contribution in [0.3, 0.4) is 0 Å². The van der Waals surface area contributed by atoms with E-state index < -0.39 is 0 Å². The number of methoxy groups -OCH3 is 1. The maximum Gasteiger partial charge on any atom is 0.120 e. The van der Waals surface area contributed by atoms with Crippen LogP contribution in [-0.4, -0.2) is 26.4 Å². The predicted molar refractivity (Wildman–Crippen MR) is 189 cm³/mol. The molecule has 3 rings (SSSR count). The molecule has 0 radical (unpaired) electrons. The Kier molecular flexibility index (Phi) is 11.7. The monoisotopic (exact) mass is 602 g/mol.